The van der Waals surface area contributed by atoms with E-state index in [1.807, 2.05) is 27.8 Å². The molecule has 1 atom stereocenters. The van der Waals surface area contributed by atoms with Gasteiger partial charge in [0.25, 0.3) is 0 Å². The minimum Gasteiger partial charge on any atom is -0.304 e. The van der Waals surface area contributed by atoms with Crippen molar-refractivity contribution >= 4 is 0 Å². The Hall–Kier alpha value is -1.89. The molecule has 0 bridgehead atoms. The van der Waals surface area contributed by atoms with Crippen molar-refractivity contribution in [3.8, 4) is 0 Å². The van der Waals surface area contributed by atoms with E-state index in [1.54, 1.807) is 4.68 Å². The summed E-state index contributed by atoms with van der Waals surface area (Å²) in [6.45, 7) is 5.92. The van der Waals surface area contributed by atoms with E-state index in [0.29, 0.717) is 0 Å². The zero-order valence-corrected chi connectivity index (χ0v) is 13.7. The zero-order valence-electron chi connectivity index (χ0n) is 13.7. The summed E-state index contributed by atoms with van der Waals surface area (Å²) < 4.78 is 40.9. The Kier molecular flexibility index (Phi) is 5.09. The van der Waals surface area contributed by atoms with Crippen LogP contribution in [-0.2, 0) is 19.8 Å². The van der Waals surface area contributed by atoms with E-state index in [4.69, 9.17) is 0 Å². The van der Waals surface area contributed by atoms with Gasteiger partial charge in [0.05, 0.1) is 17.0 Å². The highest BCUT2D eigenvalue weighted by atomic mass is 19.4. The molecule has 0 radical (unpaired) electrons. The lowest BCUT2D eigenvalue weighted by Gasteiger charge is -2.19. The third kappa shape index (κ3) is 3.72. The fourth-order valence-electron chi connectivity index (χ4n) is 2.80. The molecule has 0 fully saturated rings. The first-order chi connectivity index (χ1) is 10.8. The number of nitrogens with zero attached hydrogens (tertiary/aromatic N) is 3. The Balaban J connectivity index is 2.22. The van der Waals surface area contributed by atoms with Crippen LogP contribution in [0.2, 0.25) is 0 Å². The van der Waals surface area contributed by atoms with Gasteiger partial charge in [-0.2, -0.15) is 18.3 Å². The number of nitrogens with one attached hydrogen (secondary N) is 1. The van der Waals surface area contributed by atoms with Crippen molar-refractivity contribution in [1.29, 1.82) is 0 Å². The molecule has 0 spiro atoms. The number of aryl methyl sites for hydroxylation is 2. The van der Waals surface area contributed by atoms with Crippen molar-refractivity contribution < 1.29 is 13.2 Å². The highest BCUT2D eigenvalue weighted by Crippen LogP contribution is 2.31. The zero-order chi connectivity index (χ0) is 17.2. The van der Waals surface area contributed by atoms with Crippen molar-refractivity contribution in [1.82, 2.24) is 20.1 Å². The second-order valence-corrected chi connectivity index (χ2v) is 5.55. The van der Waals surface area contributed by atoms with Gasteiger partial charge >= 0.3 is 6.18 Å². The van der Waals surface area contributed by atoms with Crippen LogP contribution in [0, 0.1) is 13.8 Å². The number of alkyl halides is 3. The molecular formula is C16H21F3N4. The topological polar surface area (TPSA) is 42.7 Å². The van der Waals surface area contributed by atoms with Gasteiger partial charge in [-0.1, -0.05) is 6.92 Å². The van der Waals surface area contributed by atoms with Crippen molar-refractivity contribution in [2.45, 2.75) is 46.0 Å². The summed E-state index contributed by atoms with van der Waals surface area (Å²) >= 11 is 0. The van der Waals surface area contributed by atoms with Crippen LogP contribution in [0.5, 0.6) is 0 Å². The van der Waals surface area contributed by atoms with Crippen molar-refractivity contribution in [2.24, 2.45) is 7.05 Å². The lowest BCUT2D eigenvalue weighted by atomic mass is 10.0. The second-order valence-electron chi connectivity index (χ2n) is 5.55. The molecule has 0 aliphatic heterocycles. The molecule has 7 heteroatoms. The average Bonchev–Trinajstić information content (AvgIpc) is 2.73. The molecular weight excluding hydrogens is 305 g/mol. The van der Waals surface area contributed by atoms with Gasteiger partial charge in [-0.15, -0.1) is 0 Å². The molecule has 4 nitrogen and oxygen atoms in total. The van der Waals surface area contributed by atoms with E-state index in [1.165, 1.54) is 12.3 Å². The summed E-state index contributed by atoms with van der Waals surface area (Å²) in [5, 5.41) is 7.57. The molecule has 0 amide bonds. The van der Waals surface area contributed by atoms with Crippen LogP contribution in [0.3, 0.4) is 0 Å². The Morgan fingerprint density at radius 1 is 1.30 bits per heavy atom. The van der Waals surface area contributed by atoms with Crippen LogP contribution in [0.15, 0.2) is 18.3 Å². The summed E-state index contributed by atoms with van der Waals surface area (Å²) in [6.07, 6.45) is -2.26. The Labute approximate surface area is 133 Å². The number of halogens is 3. The highest BCUT2D eigenvalue weighted by molar-refractivity contribution is 5.29. The van der Waals surface area contributed by atoms with E-state index in [0.717, 1.165) is 29.4 Å². The predicted octanol–water partition coefficient (Wildman–Crippen LogP) is 3.69. The average molecular weight is 326 g/mol. The van der Waals surface area contributed by atoms with Crippen LogP contribution in [0.25, 0.3) is 0 Å². The smallest absolute Gasteiger partial charge is 0.304 e. The number of hydrogen-bond acceptors (Lipinski definition) is 3. The molecule has 23 heavy (non-hydrogen) atoms. The van der Waals surface area contributed by atoms with E-state index in [2.05, 4.69) is 15.4 Å². The van der Waals surface area contributed by atoms with Crippen LogP contribution in [0.4, 0.5) is 13.2 Å². The first-order valence-corrected chi connectivity index (χ1v) is 7.50. The standard InChI is InChI=1S/C16H21F3N4/c1-5-13(15-10(2)22-23(4)11(15)3)21-9-14-12(16(17,18)19)7-6-8-20-14/h6-8,13,21H,5,9H2,1-4H3/t13-/m0/s1. The summed E-state index contributed by atoms with van der Waals surface area (Å²) in [6, 6.07) is 2.30. The highest BCUT2D eigenvalue weighted by Gasteiger charge is 2.33. The maximum absolute atomic E-state index is 13.0. The maximum atomic E-state index is 13.0. The molecule has 2 aromatic heterocycles. The molecule has 0 aromatic carbocycles. The molecule has 126 valence electrons. The first kappa shape index (κ1) is 17.5. The molecule has 0 saturated carbocycles. The number of aromatic nitrogens is 3. The normalized spacial score (nSPS) is 13.3. The van der Waals surface area contributed by atoms with Crippen molar-refractivity contribution in [2.75, 3.05) is 0 Å². The molecule has 1 N–H and O–H groups in total. The Bertz CT molecular complexity index is 676. The van der Waals surface area contributed by atoms with Gasteiger partial charge in [0.2, 0.25) is 0 Å². The fourth-order valence-corrected chi connectivity index (χ4v) is 2.80. The van der Waals surface area contributed by atoms with E-state index >= 15 is 0 Å². The van der Waals surface area contributed by atoms with E-state index < -0.39 is 11.7 Å². The minimum absolute atomic E-state index is 0.0117. The predicted molar refractivity (Wildman–Crippen MR) is 81.8 cm³/mol. The Morgan fingerprint density at radius 2 is 2.00 bits per heavy atom. The number of hydrogen-bond donors (Lipinski definition) is 1. The van der Waals surface area contributed by atoms with Gasteiger partial charge in [0.1, 0.15) is 0 Å². The lowest BCUT2D eigenvalue weighted by Crippen LogP contribution is -2.24. The largest absolute Gasteiger partial charge is 0.418 e. The van der Waals surface area contributed by atoms with Gasteiger partial charge in [0.15, 0.2) is 0 Å². The fraction of sp³-hybridized carbons (Fsp3) is 0.500. The van der Waals surface area contributed by atoms with Crippen LogP contribution in [0.1, 0.15) is 47.6 Å². The van der Waals surface area contributed by atoms with Gasteiger partial charge < -0.3 is 5.32 Å². The number of pyridine rings is 1. The van der Waals surface area contributed by atoms with Gasteiger partial charge in [-0.05, 0) is 32.4 Å². The SMILES string of the molecule is CC[C@H](NCc1ncccc1C(F)(F)F)c1c(C)nn(C)c1C. The summed E-state index contributed by atoms with van der Waals surface area (Å²) in [5.41, 5.74) is 2.26. The van der Waals surface area contributed by atoms with Crippen molar-refractivity contribution in [3.63, 3.8) is 0 Å². The van der Waals surface area contributed by atoms with Crippen LogP contribution >= 0.6 is 0 Å². The quantitative estimate of drug-likeness (QED) is 0.911. The first-order valence-electron chi connectivity index (χ1n) is 7.50. The van der Waals surface area contributed by atoms with E-state index in [-0.39, 0.29) is 18.3 Å². The molecule has 2 rings (SSSR count). The summed E-state index contributed by atoms with van der Waals surface area (Å²) in [4.78, 5) is 3.89. The van der Waals surface area contributed by atoms with Gasteiger partial charge in [0, 0.05) is 37.1 Å². The molecule has 2 aromatic rings. The maximum Gasteiger partial charge on any atom is 0.418 e. The molecule has 0 aliphatic carbocycles. The molecule has 0 aliphatic rings. The third-order valence-corrected chi connectivity index (χ3v) is 4.03. The molecule has 2 heterocycles. The second kappa shape index (κ2) is 6.70. The van der Waals surface area contributed by atoms with Gasteiger partial charge in [-0.3, -0.25) is 9.67 Å². The van der Waals surface area contributed by atoms with Crippen molar-refractivity contribution in [3.05, 3.63) is 46.5 Å². The van der Waals surface area contributed by atoms with Crippen LogP contribution in [-0.4, -0.2) is 14.8 Å². The molecule has 0 unspecified atom stereocenters. The number of rotatable bonds is 5. The van der Waals surface area contributed by atoms with Gasteiger partial charge in [-0.25, -0.2) is 0 Å². The summed E-state index contributed by atoms with van der Waals surface area (Å²) in [7, 11) is 1.86. The monoisotopic (exact) mass is 326 g/mol. The summed E-state index contributed by atoms with van der Waals surface area (Å²) in [5.74, 6) is 0. The lowest BCUT2D eigenvalue weighted by molar-refractivity contribution is -0.138. The third-order valence-electron chi connectivity index (χ3n) is 4.03. The van der Waals surface area contributed by atoms with E-state index in [9.17, 15) is 13.2 Å². The van der Waals surface area contributed by atoms with Crippen LogP contribution < -0.4 is 5.32 Å². The Morgan fingerprint density at radius 3 is 2.52 bits per heavy atom. The minimum atomic E-state index is -4.40. The molecule has 0 saturated heterocycles.